The SMILES string of the molecule is Cc1cc(-c2ccc(-c3cc(C)c(-c4ccccc4)cc3C)c3snnc23)c(C)cc1-c1ccccc1. The Bertz CT molecular complexity index is 1620. The molecule has 180 valence electrons. The standard InChI is InChI=1S/C34H28N2S/c1-21-19-31(23(3)17-29(21)25-11-7-5-8-12-25)27-15-16-28(34-33(27)35-36-37-34)32-20-22(2)30(18-24(32)4)26-13-9-6-10-14-26/h5-20H,1-4H3. The van der Waals surface area contributed by atoms with E-state index in [-0.39, 0.29) is 0 Å². The Balaban J connectivity index is 1.47. The molecule has 0 aliphatic heterocycles. The maximum absolute atomic E-state index is 4.62. The number of hydrogen-bond acceptors (Lipinski definition) is 3. The van der Waals surface area contributed by atoms with Crippen LogP contribution in [-0.2, 0) is 0 Å². The Morgan fingerprint density at radius 2 is 0.892 bits per heavy atom. The summed E-state index contributed by atoms with van der Waals surface area (Å²) in [6.07, 6.45) is 0. The summed E-state index contributed by atoms with van der Waals surface area (Å²) in [5.74, 6) is 0. The molecular weight excluding hydrogens is 468 g/mol. The molecule has 0 aliphatic carbocycles. The minimum atomic E-state index is 0.974. The van der Waals surface area contributed by atoms with Crippen LogP contribution in [0.4, 0.5) is 0 Å². The van der Waals surface area contributed by atoms with Gasteiger partial charge in [0.1, 0.15) is 5.52 Å². The Hall–Kier alpha value is -4.08. The highest BCUT2D eigenvalue weighted by Gasteiger charge is 2.18. The van der Waals surface area contributed by atoms with Crippen LogP contribution in [0.3, 0.4) is 0 Å². The highest BCUT2D eigenvalue weighted by molar-refractivity contribution is 7.13. The fourth-order valence-electron chi connectivity index (χ4n) is 5.36. The second-order valence-corrected chi connectivity index (χ2v) is 10.6. The third-order valence-electron chi connectivity index (χ3n) is 7.30. The molecule has 0 spiro atoms. The van der Waals surface area contributed by atoms with Gasteiger partial charge in [-0.05, 0) is 94.9 Å². The Morgan fingerprint density at radius 3 is 1.43 bits per heavy atom. The van der Waals surface area contributed by atoms with Crippen molar-refractivity contribution in [3.63, 3.8) is 0 Å². The van der Waals surface area contributed by atoms with Crippen molar-refractivity contribution in [3.8, 4) is 44.5 Å². The Morgan fingerprint density at radius 1 is 0.459 bits per heavy atom. The van der Waals surface area contributed by atoms with Gasteiger partial charge in [0.25, 0.3) is 0 Å². The first-order chi connectivity index (χ1) is 18.0. The molecule has 2 nitrogen and oxygen atoms in total. The highest BCUT2D eigenvalue weighted by Crippen LogP contribution is 2.41. The van der Waals surface area contributed by atoms with Gasteiger partial charge in [0, 0.05) is 11.1 Å². The minimum Gasteiger partial charge on any atom is -0.137 e. The number of rotatable bonds is 4. The molecule has 0 N–H and O–H groups in total. The summed E-state index contributed by atoms with van der Waals surface area (Å²) in [6.45, 7) is 8.78. The van der Waals surface area contributed by atoms with Crippen LogP contribution in [0.5, 0.6) is 0 Å². The van der Waals surface area contributed by atoms with Crippen molar-refractivity contribution in [3.05, 3.63) is 119 Å². The minimum absolute atomic E-state index is 0.974. The van der Waals surface area contributed by atoms with E-state index in [0.717, 1.165) is 15.8 Å². The smallest absolute Gasteiger partial charge is 0.114 e. The van der Waals surface area contributed by atoms with Crippen molar-refractivity contribution in [2.24, 2.45) is 0 Å². The van der Waals surface area contributed by atoms with E-state index in [2.05, 4.69) is 134 Å². The van der Waals surface area contributed by atoms with Gasteiger partial charge in [-0.1, -0.05) is 102 Å². The van der Waals surface area contributed by atoms with Gasteiger partial charge >= 0.3 is 0 Å². The van der Waals surface area contributed by atoms with Gasteiger partial charge < -0.3 is 0 Å². The largest absolute Gasteiger partial charge is 0.137 e. The lowest BCUT2D eigenvalue weighted by molar-refractivity contribution is 1.20. The van der Waals surface area contributed by atoms with Gasteiger partial charge in [0.2, 0.25) is 0 Å². The molecule has 0 aliphatic rings. The van der Waals surface area contributed by atoms with E-state index < -0.39 is 0 Å². The molecule has 0 bridgehead atoms. The molecule has 0 saturated heterocycles. The number of hydrogen-bond donors (Lipinski definition) is 0. The van der Waals surface area contributed by atoms with Crippen molar-refractivity contribution in [2.75, 3.05) is 0 Å². The molecule has 0 unspecified atom stereocenters. The highest BCUT2D eigenvalue weighted by atomic mass is 32.1. The van der Waals surface area contributed by atoms with E-state index in [1.54, 1.807) is 0 Å². The predicted molar refractivity (Wildman–Crippen MR) is 158 cm³/mol. The topological polar surface area (TPSA) is 25.8 Å². The van der Waals surface area contributed by atoms with E-state index in [1.807, 2.05) is 0 Å². The first kappa shape index (κ1) is 23.3. The first-order valence-corrected chi connectivity index (χ1v) is 13.4. The molecule has 1 heterocycles. The number of aromatic nitrogens is 2. The molecule has 0 radical (unpaired) electrons. The molecular formula is C34H28N2S. The Kier molecular flexibility index (Phi) is 5.94. The lowest BCUT2D eigenvalue weighted by Gasteiger charge is -2.16. The van der Waals surface area contributed by atoms with Crippen molar-refractivity contribution >= 4 is 21.7 Å². The molecule has 3 heteroatoms. The van der Waals surface area contributed by atoms with Gasteiger partial charge in [-0.25, -0.2) is 0 Å². The average Bonchev–Trinajstić information content (AvgIpc) is 3.42. The summed E-state index contributed by atoms with van der Waals surface area (Å²) in [7, 11) is 0. The second kappa shape index (κ2) is 9.42. The van der Waals surface area contributed by atoms with Crippen LogP contribution in [0.25, 0.3) is 54.7 Å². The summed E-state index contributed by atoms with van der Waals surface area (Å²) in [5, 5.41) is 4.62. The number of benzene rings is 5. The van der Waals surface area contributed by atoms with Crippen molar-refractivity contribution in [2.45, 2.75) is 27.7 Å². The van der Waals surface area contributed by atoms with Crippen molar-refractivity contribution < 1.29 is 0 Å². The predicted octanol–water partition coefficient (Wildman–Crippen LogP) is 9.59. The van der Waals surface area contributed by atoms with Crippen LogP contribution < -0.4 is 0 Å². The van der Waals surface area contributed by atoms with Gasteiger partial charge in [-0.15, -0.1) is 5.10 Å². The maximum Gasteiger partial charge on any atom is 0.114 e. The summed E-state index contributed by atoms with van der Waals surface area (Å²) in [6, 6.07) is 34.9. The van der Waals surface area contributed by atoms with Crippen molar-refractivity contribution in [1.29, 1.82) is 0 Å². The first-order valence-electron chi connectivity index (χ1n) is 12.6. The zero-order chi connectivity index (χ0) is 25.5. The molecule has 0 fully saturated rings. The summed E-state index contributed by atoms with van der Waals surface area (Å²) < 4.78 is 5.54. The number of fused-ring (bicyclic) bond motifs is 1. The number of nitrogens with zero attached hydrogens (tertiary/aromatic N) is 2. The molecule has 0 saturated carbocycles. The Labute approximate surface area is 222 Å². The van der Waals surface area contributed by atoms with E-state index in [1.165, 1.54) is 72.7 Å². The lowest BCUT2D eigenvalue weighted by atomic mass is 9.89. The van der Waals surface area contributed by atoms with E-state index in [4.69, 9.17) is 0 Å². The molecule has 6 aromatic rings. The zero-order valence-electron chi connectivity index (χ0n) is 21.5. The van der Waals surface area contributed by atoms with E-state index in [9.17, 15) is 0 Å². The number of aryl methyl sites for hydroxylation is 4. The van der Waals surface area contributed by atoms with Gasteiger partial charge in [-0.3, -0.25) is 0 Å². The molecule has 37 heavy (non-hydrogen) atoms. The summed E-state index contributed by atoms with van der Waals surface area (Å²) in [4.78, 5) is 0. The normalized spacial score (nSPS) is 11.2. The van der Waals surface area contributed by atoms with Gasteiger partial charge in [0.15, 0.2) is 0 Å². The average molecular weight is 497 g/mol. The summed E-state index contributed by atoms with van der Waals surface area (Å²) >= 11 is 1.48. The molecule has 0 amide bonds. The maximum atomic E-state index is 4.62. The fraction of sp³-hybridized carbons (Fsp3) is 0.118. The third-order valence-corrected chi connectivity index (χ3v) is 8.06. The molecule has 6 rings (SSSR count). The zero-order valence-corrected chi connectivity index (χ0v) is 22.4. The van der Waals surface area contributed by atoms with E-state index >= 15 is 0 Å². The van der Waals surface area contributed by atoms with Crippen LogP contribution in [0.15, 0.2) is 97.1 Å². The van der Waals surface area contributed by atoms with Crippen LogP contribution in [-0.4, -0.2) is 9.59 Å². The van der Waals surface area contributed by atoms with Gasteiger partial charge in [0.05, 0.1) is 4.70 Å². The van der Waals surface area contributed by atoms with Crippen LogP contribution in [0.2, 0.25) is 0 Å². The molecule has 1 aromatic heterocycles. The van der Waals surface area contributed by atoms with Crippen LogP contribution >= 0.6 is 11.5 Å². The molecule has 0 atom stereocenters. The van der Waals surface area contributed by atoms with E-state index in [0.29, 0.717) is 0 Å². The fourth-order valence-corrected chi connectivity index (χ4v) is 6.08. The van der Waals surface area contributed by atoms with Crippen LogP contribution in [0, 0.1) is 27.7 Å². The second-order valence-electron chi connectivity index (χ2n) is 9.81. The van der Waals surface area contributed by atoms with Crippen molar-refractivity contribution in [1.82, 2.24) is 9.59 Å². The quantitative estimate of drug-likeness (QED) is 0.243. The monoisotopic (exact) mass is 496 g/mol. The lowest BCUT2D eigenvalue weighted by Crippen LogP contribution is -1.93. The third kappa shape index (κ3) is 4.16. The molecule has 5 aromatic carbocycles. The van der Waals surface area contributed by atoms with Gasteiger partial charge in [-0.2, -0.15) is 0 Å². The summed E-state index contributed by atoms with van der Waals surface area (Å²) in [5.41, 5.74) is 15.8. The van der Waals surface area contributed by atoms with Crippen LogP contribution in [0.1, 0.15) is 22.3 Å².